The first-order valence-electron chi connectivity index (χ1n) is 5.48. The summed E-state index contributed by atoms with van der Waals surface area (Å²) in [7, 11) is 0. The van der Waals surface area contributed by atoms with Crippen LogP contribution in [0, 0.1) is 0 Å². The standard InChI is InChI=1S/C9H18N2O6/c12-9(8-2-1-3-10-8)16-6-4-15-5-7-17-11(13)14/h8,10,13-14H,1-7H2. The smallest absolute Gasteiger partial charge is 0.323 e. The molecule has 1 unspecified atom stereocenters. The van der Waals surface area contributed by atoms with E-state index in [1.165, 1.54) is 0 Å². The minimum absolute atomic E-state index is 0.00509. The normalized spacial score (nSPS) is 19.8. The van der Waals surface area contributed by atoms with Crippen molar-refractivity contribution in [2.24, 2.45) is 0 Å². The van der Waals surface area contributed by atoms with Gasteiger partial charge >= 0.3 is 5.97 Å². The van der Waals surface area contributed by atoms with E-state index >= 15 is 0 Å². The molecule has 0 aliphatic carbocycles. The second-order valence-corrected chi connectivity index (χ2v) is 3.51. The molecule has 1 fully saturated rings. The van der Waals surface area contributed by atoms with E-state index in [1.807, 2.05) is 0 Å². The van der Waals surface area contributed by atoms with Gasteiger partial charge in [-0.05, 0) is 19.4 Å². The molecule has 17 heavy (non-hydrogen) atoms. The fraction of sp³-hybridized carbons (Fsp3) is 0.889. The van der Waals surface area contributed by atoms with E-state index in [4.69, 9.17) is 19.9 Å². The number of esters is 1. The maximum Gasteiger partial charge on any atom is 0.323 e. The zero-order valence-electron chi connectivity index (χ0n) is 9.50. The van der Waals surface area contributed by atoms with Gasteiger partial charge in [-0.3, -0.25) is 15.2 Å². The molecule has 0 aromatic heterocycles. The van der Waals surface area contributed by atoms with Gasteiger partial charge in [-0.2, -0.15) is 0 Å². The largest absolute Gasteiger partial charge is 0.462 e. The van der Waals surface area contributed by atoms with Gasteiger partial charge in [0.15, 0.2) is 0 Å². The first-order valence-corrected chi connectivity index (χ1v) is 5.48. The third-order valence-corrected chi connectivity index (χ3v) is 2.25. The lowest BCUT2D eigenvalue weighted by atomic mass is 10.2. The minimum atomic E-state index is -0.380. The van der Waals surface area contributed by atoms with Gasteiger partial charge in [0.2, 0.25) is 0 Å². The number of hydrogen-bond donors (Lipinski definition) is 3. The fourth-order valence-electron chi connectivity index (χ4n) is 1.47. The summed E-state index contributed by atoms with van der Waals surface area (Å²) in [4.78, 5) is 15.6. The third kappa shape index (κ3) is 6.51. The van der Waals surface area contributed by atoms with Crippen LogP contribution < -0.4 is 5.32 Å². The quantitative estimate of drug-likeness (QED) is 0.296. The lowest BCUT2D eigenvalue weighted by Crippen LogP contribution is -2.33. The molecule has 100 valence electrons. The topological polar surface area (TPSA) is 100 Å². The molecular weight excluding hydrogens is 232 g/mol. The average molecular weight is 250 g/mol. The summed E-state index contributed by atoms with van der Waals surface area (Å²) in [6.45, 7) is 1.46. The Labute approximate surface area is 98.9 Å². The van der Waals surface area contributed by atoms with Gasteiger partial charge in [0.1, 0.15) is 12.6 Å². The maximum atomic E-state index is 11.4. The predicted octanol–water partition coefficient (Wildman–Crippen LogP) is -0.690. The van der Waals surface area contributed by atoms with Crippen LogP contribution in [0.1, 0.15) is 12.8 Å². The number of carbonyl (C=O) groups is 1. The van der Waals surface area contributed by atoms with E-state index in [2.05, 4.69) is 10.2 Å². The molecule has 8 heteroatoms. The van der Waals surface area contributed by atoms with Crippen molar-refractivity contribution >= 4 is 5.97 Å². The Morgan fingerprint density at radius 1 is 1.29 bits per heavy atom. The summed E-state index contributed by atoms with van der Waals surface area (Å²) < 4.78 is 10.0. The maximum absolute atomic E-state index is 11.4. The van der Waals surface area contributed by atoms with Crippen molar-refractivity contribution in [3.63, 3.8) is 0 Å². The summed E-state index contributed by atoms with van der Waals surface area (Å²) >= 11 is 0. The SMILES string of the molecule is O=C(OCCOCCON(O)O)C1CCCN1. The number of rotatable bonds is 8. The van der Waals surface area contributed by atoms with Crippen molar-refractivity contribution in [2.45, 2.75) is 18.9 Å². The van der Waals surface area contributed by atoms with Crippen LogP contribution in [0.2, 0.25) is 0 Å². The first kappa shape index (κ1) is 14.3. The molecular formula is C9H18N2O6. The van der Waals surface area contributed by atoms with Crippen molar-refractivity contribution < 1.29 is 29.5 Å². The van der Waals surface area contributed by atoms with E-state index in [-0.39, 0.29) is 43.8 Å². The zero-order valence-corrected chi connectivity index (χ0v) is 9.50. The molecule has 8 nitrogen and oxygen atoms in total. The molecule has 3 N–H and O–H groups in total. The van der Waals surface area contributed by atoms with Crippen LogP contribution in [-0.2, 0) is 19.1 Å². The highest BCUT2D eigenvalue weighted by Gasteiger charge is 2.22. The molecule has 1 aliphatic rings. The Morgan fingerprint density at radius 2 is 2.06 bits per heavy atom. The number of nitrogens with zero attached hydrogens (tertiary/aromatic N) is 1. The Balaban J connectivity index is 1.88. The van der Waals surface area contributed by atoms with Gasteiger partial charge in [0, 0.05) is 0 Å². The van der Waals surface area contributed by atoms with Crippen LogP contribution in [0.15, 0.2) is 0 Å². The molecule has 0 spiro atoms. The van der Waals surface area contributed by atoms with Crippen molar-refractivity contribution in [2.75, 3.05) is 33.0 Å². The number of nitrogens with one attached hydrogen (secondary N) is 1. The molecule has 0 aromatic carbocycles. The van der Waals surface area contributed by atoms with Crippen LogP contribution >= 0.6 is 0 Å². The molecule has 0 saturated carbocycles. The molecule has 1 heterocycles. The highest BCUT2D eigenvalue weighted by Crippen LogP contribution is 2.06. The monoisotopic (exact) mass is 250 g/mol. The summed E-state index contributed by atoms with van der Waals surface area (Å²) in [5.74, 6) is -0.251. The minimum Gasteiger partial charge on any atom is -0.462 e. The summed E-state index contributed by atoms with van der Waals surface area (Å²) in [6.07, 6.45) is 1.81. The molecule has 1 aliphatic heterocycles. The molecule has 1 rings (SSSR count). The molecule has 0 amide bonds. The van der Waals surface area contributed by atoms with Crippen LogP contribution in [0.4, 0.5) is 0 Å². The van der Waals surface area contributed by atoms with Crippen LogP contribution in [0.25, 0.3) is 0 Å². The molecule has 0 bridgehead atoms. The summed E-state index contributed by atoms with van der Waals surface area (Å²) in [5.41, 5.74) is 0. The van der Waals surface area contributed by atoms with Gasteiger partial charge in [0.05, 0.1) is 25.2 Å². The van der Waals surface area contributed by atoms with Gasteiger partial charge < -0.3 is 14.8 Å². The van der Waals surface area contributed by atoms with E-state index in [0.717, 1.165) is 19.4 Å². The van der Waals surface area contributed by atoms with Crippen LogP contribution in [0.5, 0.6) is 0 Å². The second kappa shape index (κ2) is 8.34. The molecule has 0 radical (unpaired) electrons. The van der Waals surface area contributed by atoms with Crippen LogP contribution in [0.3, 0.4) is 0 Å². The molecule has 1 atom stereocenters. The van der Waals surface area contributed by atoms with Crippen molar-refractivity contribution in [3.05, 3.63) is 0 Å². The van der Waals surface area contributed by atoms with E-state index in [1.54, 1.807) is 0 Å². The highest BCUT2D eigenvalue weighted by molar-refractivity contribution is 5.76. The molecule has 0 aromatic rings. The average Bonchev–Trinajstić information content (AvgIpc) is 2.80. The van der Waals surface area contributed by atoms with Gasteiger partial charge in [-0.15, -0.1) is 0 Å². The molecule has 1 saturated heterocycles. The number of hydrogen-bond acceptors (Lipinski definition) is 8. The second-order valence-electron chi connectivity index (χ2n) is 3.51. The van der Waals surface area contributed by atoms with E-state index in [9.17, 15) is 4.79 Å². The van der Waals surface area contributed by atoms with Gasteiger partial charge in [-0.25, -0.2) is 4.84 Å². The van der Waals surface area contributed by atoms with Crippen LogP contribution in [-0.4, -0.2) is 60.8 Å². The number of ether oxygens (including phenoxy) is 2. The van der Waals surface area contributed by atoms with Crippen molar-refractivity contribution in [3.8, 4) is 0 Å². The Kier molecular flexibility index (Phi) is 7.01. The zero-order chi connectivity index (χ0) is 12.5. The Morgan fingerprint density at radius 3 is 2.71 bits per heavy atom. The van der Waals surface area contributed by atoms with E-state index < -0.39 is 0 Å². The first-order chi connectivity index (χ1) is 8.20. The lowest BCUT2D eigenvalue weighted by Gasteiger charge is -2.10. The summed E-state index contributed by atoms with van der Waals surface area (Å²) in [6, 6.07) is -0.185. The van der Waals surface area contributed by atoms with Gasteiger partial charge in [-0.1, -0.05) is 0 Å². The third-order valence-electron chi connectivity index (χ3n) is 2.25. The summed E-state index contributed by atoms with van der Waals surface area (Å²) in [5, 5.41) is 19.0. The van der Waals surface area contributed by atoms with E-state index in [0.29, 0.717) is 0 Å². The highest BCUT2D eigenvalue weighted by atomic mass is 17.1. The van der Waals surface area contributed by atoms with Gasteiger partial charge in [0.25, 0.3) is 0 Å². The van der Waals surface area contributed by atoms with Crippen molar-refractivity contribution in [1.82, 2.24) is 10.7 Å². The Hall–Kier alpha value is -0.770. The van der Waals surface area contributed by atoms with Crippen molar-refractivity contribution in [1.29, 1.82) is 0 Å². The lowest BCUT2D eigenvalue weighted by molar-refractivity contribution is -0.493. The number of carbonyl (C=O) groups excluding carboxylic acids is 1. The predicted molar refractivity (Wildman–Crippen MR) is 54.2 cm³/mol. The fourth-order valence-corrected chi connectivity index (χ4v) is 1.47. The Bertz CT molecular complexity index is 220.